The largest absolute Gasteiger partial charge is 0.467 e. The molecule has 0 amide bonds. The third kappa shape index (κ3) is 2.38. The Balaban J connectivity index is 2.27. The minimum Gasteiger partial charge on any atom is -0.467 e. The van der Waals surface area contributed by atoms with E-state index >= 15 is 0 Å². The Morgan fingerprint density at radius 2 is 1.94 bits per heavy atom. The van der Waals surface area contributed by atoms with Gasteiger partial charge in [0.2, 0.25) is 0 Å². The van der Waals surface area contributed by atoms with Gasteiger partial charge in [-0.2, -0.15) is 0 Å². The van der Waals surface area contributed by atoms with Gasteiger partial charge in [-0.15, -0.1) is 4.98 Å². The molecule has 78 valence electrons. The maximum absolute atomic E-state index is 6.96. The summed E-state index contributed by atoms with van der Waals surface area (Å²) in [6.07, 6.45) is 1.57. The molecule has 4 heteroatoms. The molecule has 1 aromatic carbocycles. The van der Waals surface area contributed by atoms with Crippen molar-refractivity contribution in [3.8, 4) is 11.5 Å². The quantitative estimate of drug-likeness (QED) is 0.768. The summed E-state index contributed by atoms with van der Waals surface area (Å²) < 4.78 is 6.54. The highest BCUT2D eigenvalue weighted by molar-refractivity contribution is 9.10. The number of aromatic nitrogens is 1. The minimum absolute atomic E-state index is 0.269. The van der Waals surface area contributed by atoms with Crippen LogP contribution in [0.3, 0.4) is 0 Å². The number of hydrogen-bond donors (Lipinski definition) is 0. The molecule has 0 saturated heterocycles. The molecule has 2 rings (SSSR count). The van der Waals surface area contributed by atoms with E-state index in [1.807, 2.05) is 24.3 Å². The van der Waals surface area contributed by atoms with Crippen molar-refractivity contribution in [3.63, 3.8) is 0 Å². The van der Waals surface area contributed by atoms with E-state index in [0.29, 0.717) is 11.5 Å². The third-order valence-corrected chi connectivity index (χ3v) is 2.43. The highest BCUT2D eigenvalue weighted by Gasteiger charge is 2.04. The van der Waals surface area contributed by atoms with Gasteiger partial charge in [0, 0.05) is 4.47 Å². The molecular formula is C12H7BrN2O. The van der Waals surface area contributed by atoms with Crippen LogP contribution in [0.1, 0.15) is 0 Å². The van der Waals surface area contributed by atoms with Crippen LogP contribution in [0.15, 0.2) is 47.1 Å². The molecule has 3 nitrogen and oxygen atoms in total. The van der Waals surface area contributed by atoms with Gasteiger partial charge in [0.25, 0.3) is 0 Å². The summed E-state index contributed by atoms with van der Waals surface area (Å²) in [5.41, 5.74) is 0. The Labute approximate surface area is 102 Å². The Morgan fingerprint density at radius 1 is 1.19 bits per heavy atom. The molecule has 1 aromatic heterocycles. The summed E-state index contributed by atoms with van der Waals surface area (Å²) in [4.78, 5) is 7.21. The van der Waals surface area contributed by atoms with Gasteiger partial charge in [-0.05, 0) is 36.4 Å². The fraction of sp³-hybridized carbons (Fsp3) is 0. The molecule has 0 aliphatic heterocycles. The Hall–Kier alpha value is -1.86. The number of ether oxygens (including phenoxy) is 1. The number of rotatable bonds is 2. The molecule has 0 radical (unpaired) electrons. The molecule has 0 unspecified atom stereocenters. The van der Waals surface area contributed by atoms with Crippen LogP contribution >= 0.6 is 15.9 Å². The van der Waals surface area contributed by atoms with Crippen molar-refractivity contribution in [2.24, 2.45) is 0 Å². The van der Waals surface area contributed by atoms with Gasteiger partial charge in [-0.25, -0.2) is 0 Å². The van der Waals surface area contributed by atoms with Crippen LogP contribution in [0.2, 0.25) is 0 Å². The second-order valence-electron chi connectivity index (χ2n) is 2.99. The molecule has 0 bridgehead atoms. The highest BCUT2D eigenvalue weighted by Crippen LogP contribution is 2.29. The lowest BCUT2D eigenvalue weighted by molar-refractivity contribution is 0.483. The fourth-order valence-corrected chi connectivity index (χ4v) is 1.44. The Morgan fingerprint density at radius 3 is 2.62 bits per heavy atom. The van der Waals surface area contributed by atoms with Gasteiger partial charge in [-0.3, -0.25) is 0 Å². The average Bonchev–Trinajstić information content (AvgIpc) is 2.33. The SMILES string of the molecule is [C-]#[N+]c1ncccc1Oc1ccc(Br)cc1. The van der Waals surface area contributed by atoms with Crippen LogP contribution in [0, 0.1) is 6.57 Å². The molecule has 0 aliphatic rings. The summed E-state index contributed by atoms with van der Waals surface area (Å²) in [6, 6.07) is 10.9. The van der Waals surface area contributed by atoms with Crippen LogP contribution in [-0.4, -0.2) is 4.98 Å². The summed E-state index contributed by atoms with van der Waals surface area (Å²) >= 11 is 3.34. The van der Waals surface area contributed by atoms with Gasteiger partial charge in [0.15, 0.2) is 5.75 Å². The maximum Gasteiger partial charge on any atom is 0.312 e. The van der Waals surface area contributed by atoms with E-state index in [1.54, 1.807) is 18.3 Å². The monoisotopic (exact) mass is 274 g/mol. The Kier molecular flexibility index (Phi) is 3.18. The topological polar surface area (TPSA) is 26.5 Å². The maximum atomic E-state index is 6.96. The molecule has 0 N–H and O–H groups in total. The van der Waals surface area contributed by atoms with Crippen LogP contribution in [0.25, 0.3) is 4.85 Å². The lowest BCUT2D eigenvalue weighted by atomic mass is 10.3. The van der Waals surface area contributed by atoms with Crippen molar-refractivity contribution < 1.29 is 4.74 Å². The molecule has 16 heavy (non-hydrogen) atoms. The lowest BCUT2D eigenvalue weighted by Crippen LogP contribution is -1.85. The van der Waals surface area contributed by atoms with Gasteiger partial charge >= 0.3 is 5.82 Å². The number of halogens is 1. The molecule has 0 atom stereocenters. The first-order valence-electron chi connectivity index (χ1n) is 4.55. The smallest absolute Gasteiger partial charge is 0.312 e. The lowest BCUT2D eigenvalue weighted by Gasteiger charge is -2.06. The first-order chi connectivity index (χ1) is 7.79. The third-order valence-electron chi connectivity index (χ3n) is 1.90. The summed E-state index contributed by atoms with van der Waals surface area (Å²) in [7, 11) is 0. The van der Waals surface area contributed by atoms with Gasteiger partial charge in [0.05, 0.1) is 0 Å². The van der Waals surface area contributed by atoms with Gasteiger partial charge in [-0.1, -0.05) is 22.5 Å². The van der Waals surface area contributed by atoms with Crippen molar-refractivity contribution in [1.82, 2.24) is 4.98 Å². The Bertz CT molecular complexity index is 531. The first kappa shape index (κ1) is 10.7. The molecule has 1 heterocycles. The van der Waals surface area contributed by atoms with Gasteiger partial charge in [0.1, 0.15) is 11.9 Å². The fourth-order valence-electron chi connectivity index (χ4n) is 1.18. The van der Waals surface area contributed by atoms with Crippen molar-refractivity contribution in [2.45, 2.75) is 0 Å². The minimum atomic E-state index is 0.269. The van der Waals surface area contributed by atoms with E-state index < -0.39 is 0 Å². The normalized spacial score (nSPS) is 9.50. The van der Waals surface area contributed by atoms with E-state index in [2.05, 4.69) is 25.8 Å². The molecular weight excluding hydrogens is 268 g/mol. The van der Waals surface area contributed by atoms with E-state index in [-0.39, 0.29) is 5.82 Å². The second-order valence-corrected chi connectivity index (χ2v) is 3.91. The predicted octanol–water partition coefficient (Wildman–Crippen LogP) is 4.19. The van der Waals surface area contributed by atoms with Gasteiger partial charge < -0.3 is 9.58 Å². The van der Waals surface area contributed by atoms with Crippen LogP contribution in [-0.2, 0) is 0 Å². The van der Waals surface area contributed by atoms with Crippen molar-refractivity contribution in [3.05, 3.63) is 58.5 Å². The molecule has 0 fully saturated rings. The average molecular weight is 275 g/mol. The number of benzene rings is 1. The van der Waals surface area contributed by atoms with E-state index in [9.17, 15) is 0 Å². The van der Waals surface area contributed by atoms with Crippen LogP contribution in [0.4, 0.5) is 5.82 Å². The molecule has 0 saturated carbocycles. The standard InChI is InChI=1S/C12H7BrN2O/c1-14-12-11(3-2-8-15-12)16-10-6-4-9(13)5-7-10/h2-8H. The molecule has 2 aromatic rings. The summed E-state index contributed by atoms with van der Waals surface area (Å²) in [6.45, 7) is 6.96. The number of pyridine rings is 1. The first-order valence-corrected chi connectivity index (χ1v) is 5.35. The zero-order valence-corrected chi connectivity index (χ0v) is 9.81. The van der Waals surface area contributed by atoms with Crippen LogP contribution < -0.4 is 4.74 Å². The second kappa shape index (κ2) is 4.77. The van der Waals surface area contributed by atoms with Crippen molar-refractivity contribution >= 4 is 21.7 Å². The number of hydrogen-bond acceptors (Lipinski definition) is 2. The van der Waals surface area contributed by atoms with E-state index in [4.69, 9.17) is 11.3 Å². The zero-order valence-electron chi connectivity index (χ0n) is 8.22. The predicted molar refractivity (Wildman–Crippen MR) is 64.7 cm³/mol. The summed E-state index contributed by atoms with van der Waals surface area (Å²) in [5, 5.41) is 0. The molecule has 0 spiro atoms. The van der Waals surface area contributed by atoms with Crippen molar-refractivity contribution in [2.75, 3.05) is 0 Å². The van der Waals surface area contributed by atoms with Crippen LogP contribution in [0.5, 0.6) is 11.5 Å². The summed E-state index contributed by atoms with van der Waals surface area (Å²) in [5.74, 6) is 1.42. The number of nitrogens with zero attached hydrogens (tertiary/aromatic N) is 2. The van der Waals surface area contributed by atoms with E-state index in [1.165, 1.54) is 0 Å². The van der Waals surface area contributed by atoms with Crippen molar-refractivity contribution in [1.29, 1.82) is 0 Å². The van der Waals surface area contributed by atoms with E-state index in [0.717, 1.165) is 4.47 Å². The zero-order chi connectivity index (χ0) is 11.4. The molecule has 0 aliphatic carbocycles. The highest BCUT2D eigenvalue weighted by atomic mass is 79.9.